The monoisotopic (exact) mass is 395 g/mol. The van der Waals surface area contributed by atoms with Gasteiger partial charge in [-0.2, -0.15) is 14.0 Å². The number of carbonyl (C=O) groups is 2. The van der Waals surface area contributed by atoms with Crippen LogP contribution in [0.25, 0.3) is 0 Å². The fourth-order valence-electron chi connectivity index (χ4n) is 3.53. The highest BCUT2D eigenvalue weighted by atomic mass is 19.3. The molecule has 3 atom stereocenters. The summed E-state index contributed by atoms with van der Waals surface area (Å²) >= 11 is 0. The third-order valence-electron chi connectivity index (χ3n) is 5.31. The van der Waals surface area contributed by atoms with Crippen LogP contribution in [0.5, 0.6) is 0 Å². The van der Waals surface area contributed by atoms with Crippen LogP contribution in [0.15, 0.2) is 66.8 Å². The van der Waals surface area contributed by atoms with E-state index in [9.17, 15) is 23.6 Å². The number of ether oxygens (including phenoxy) is 1. The second-order valence-corrected chi connectivity index (χ2v) is 7.55. The molecule has 0 radical (unpaired) electrons. The van der Waals surface area contributed by atoms with Crippen molar-refractivity contribution in [1.82, 2.24) is 0 Å². The van der Waals surface area contributed by atoms with Crippen molar-refractivity contribution in [1.29, 1.82) is 5.26 Å². The molecule has 6 heteroatoms. The summed E-state index contributed by atoms with van der Waals surface area (Å²) < 4.78 is 30.5. The largest absolute Gasteiger partial charge is 0.442 e. The number of nitriles is 1. The fraction of sp³-hybridized carbons (Fsp3) is 0.261. The van der Waals surface area contributed by atoms with E-state index in [2.05, 4.69) is 0 Å². The molecule has 0 heterocycles. The van der Waals surface area contributed by atoms with Gasteiger partial charge in [-0.25, -0.2) is 0 Å². The molecule has 0 amide bonds. The molecule has 0 bridgehead atoms. The number of allylic oxidation sites excluding steroid dienone is 1. The van der Waals surface area contributed by atoms with E-state index in [-0.39, 0.29) is 5.78 Å². The van der Waals surface area contributed by atoms with Gasteiger partial charge in [0.1, 0.15) is 6.07 Å². The van der Waals surface area contributed by atoms with Gasteiger partial charge in [0.25, 0.3) is 6.08 Å². The molecule has 3 rings (SSSR count). The molecule has 1 unspecified atom stereocenters. The van der Waals surface area contributed by atoms with Crippen molar-refractivity contribution in [2.75, 3.05) is 0 Å². The van der Waals surface area contributed by atoms with Crippen molar-refractivity contribution in [3.63, 3.8) is 0 Å². The molecule has 148 valence electrons. The molecule has 0 aliphatic heterocycles. The van der Waals surface area contributed by atoms with Gasteiger partial charge in [0.15, 0.2) is 5.78 Å². The first-order chi connectivity index (χ1) is 13.8. The molecule has 4 nitrogen and oxygen atoms in total. The average molecular weight is 395 g/mol. The van der Waals surface area contributed by atoms with Crippen molar-refractivity contribution >= 4 is 11.8 Å². The van der Waals surface area contributed by atoms with E-state index in [1.165, 1.54) is 6.07 Å². The van der Waals surface area contributed by atoms with Gasteiger partial charge in [-0.05, 0) is 17.6 Å². The molecule has 0 saturated heterocycles. The second-order valence-electron chi connectivity index (χ2n) is 7.55. The van der Waals surface area contributed by atoms with Gasteiger partial charge in [0, 0.05) is 22.6 Å². The maximum atomic E-state index is 12.6. The number of hydrogen-bond acceptors (Lipinski definition) is 4. The summed E-state index contributed by atoms with van der Waals surface area (Å²) in [6, 6.07) is 16.9. The van der Waals surface area contributed by atoms with Crippen LogP contribution in [0.3, 0.4) is 0 Å². The van der Waals surface area contributed by atoms with Crippen LogP contribution in [-0.4, -0.2) is 11.8 Å². The van der Waals surface area contributed by atoms with Crippen LogP contribution in [-0.2, 0) is 9.53 Å². The smallest absolute Gasteiger partial charge is 0.311 e. The lowest BCUT2D eigenvalue weighted by molar-refractivity contribution is -0.149. The third kappa shape index (κ3) is 4.24. The normalized spacial score (nSPS) is 20.1. The summed E-state index contributed by atoms with van der Waals surface area (Å²) in [5.41, 5.74) is 0.547. The summed E-state index contributed by atoms with van der Waals surface area (Å²) in [5.74, 6) is -2.30. The SMILES string of the molecule is CC1(C)[C@H](C(=O)OC(C#N)c2cccc(C(=O)c3ccccc3)c2)[C@@H]1C=C(F)F. The molecule has 1 saturated carbocycles. The molecule has 0 aromatic heterocycles. The highest BCUT2D eigenvalue weighted by molar-refractivity contribution is 6.09. The molecule has 1 aliphatic carbocycles. The minimum absolute atomic E-state index is 0.220. The molecule has 29 heavy (non-hydrogen) atoms. The van der Waals surface area contributed by atoms with Crippen molar-refractivity contribution in [3.05, 3.63) is 83.4 Å². The van der Waals surface area contributed by atoms with Crippen LogP contribution < -0.4 is 0 Å². The van der Waals surface area contributed by atoms with Gasteiger partial charge in [0.2, 0.25) is 6.10 Å². The predicted molar refractivity (Wildman–Crippen MR) is 102 cm³/mol. The molecule has 1 fully saturated rings. The lowest BCUT2D eigenvalue weighted by atomic mass is 9.99. The molecular weight excluding hydrogens is 376 g/mol. The Morgan fingerprint density at radius 2 is 1.76 bits per heavy atom. The van der Waals surface area contributed by atoms with Gasteiger partial charge in [-0.1, -0.05) is 62.4 Å². The maximum absolute atomic E-state index is 12.6. The Kier molecular flexibility index (Phi) is 5.60. The number of nitrogens with zero attached hydrogens (tertiary/aromatic N) is 1. The first-order valence-corrected chi connectivity index (χ1v) is 9.08. The number of esters is 1. The Hall–Kier alpha value is -3.33. The van der Waals surface area contributed by atoms with Crippen LogP contribution in [0, 0.1) is 28.6 Å². The Balaban J connectivity index is 1.78. The number of halogens is 2. The summed E-state index contributed by atoms with van der Waals surface area (Å²) in [4.78, 5) is 25.1. The number of ketones is 1. The molecule has 2 aromatic rings. The van der Waals surface area contributed by atoms with Gasteiger partial charge in [0.05, 0.1) is 5.92 Å². The van der Waals surface area contributed by atoms with E-state index in [4.69, 9.17) is 4.74 Å². The van der Waals surface area contributed by atoms with E-state index in [1.54, 1.807) is 62.4 Å². The lowest BCUT2D eigenvalue weighted by Gasteiger charge is -2.13. The zero-order chi connectivity index (χ0) is 21.2. The highest BCUT2D eigenvalue weighted by Crippen LogP contribution is 2.60. The van der Waals surface area contributed by atoms with Crippen molar-refractivity contribution in [2.24, 2.45) is 17.3 Å². The van der Waals surface area contributed by atoms with Gasteiger partial charge < -0.3 is 4.74 Å². The first kappa shape index (κ1) is 20.4. The van der Waals surface area contributed by atoms with Crippen LogP contribution in [0.2, 0.25) is 0 Å². The number of hydrogen-bond donors (Lipinski definition) is 0. The van der Waals surface area contributed by atoms with Gasteiger partial charge in [-0.3, -0.25) is 9.59 Å². The number of rotatable bonds is 6. The predicted octanol–water partition coefficient (Wildman–Crippen LogP) is 5.08. The summed E-state index contributed by atoms with van der Waals surface area (Å²) in [6.45, 7) is 3.40. The Morgan fingerprint density at radius 1 is 1.10 bits per heavy atom. The van der Waals surface area contributed by atoms with Crippen molar-refractivity contribution < 1.29 is 23.1 Å². The van der Waals surface area contributed by atoms with Crippen LogP contribution in [0.1, 0.15) is 41.4 Å². The van der Waals surface area contributed by atoms with E-state index < -0.39 is 35.4 Å². The van der Waals surface area contributed by atoms with Crippen molar-refractivity contribution in [2.45, 2.75) is 20.0 Å². The minimum Gasteiger partial charge on any atom is -0.442 e. The van der Waals surface area contributed by atoms with Gasteiger partial charge >= 0.3 is 5.97 Å². The van der Waals surface area contributed by atoms with Gasteiger partial charge in [-0.15, -0.1) is 0 Å². The Labute approximate surface area is 167 Å². The van der Waals surface area contributed by atoms with Crippen LogP contribution in [0.4, 0.5) is 8.78 Å². The summed E-state index contributed by atoms with van der Waals surface area (Å²) in [5, 5.41) is 9.47. The summed E-state index contributed by atoms with van der Waals surface area (Å²) in [7, 11) is 0. The highest BCUT2D eigenvalue weighted by Gasteiger charge is 2.62. The maximum Gasteiger partial charge on any atom is 0.311 e. The zero-order valence-electron chi connectivity index (χ0n) is 15.9. The quantitative estimate of drug-likeness (QED) is 0.505. The molecule has 2 aromatic carbocycles. The third-order valence-corrected chi connectivity index (χ3v) is 5.31. The first-order valence-electron chi connectivity index (χ1n) is 9.08. The van der Waals surface area contributed by atoms with E-state index >= 15 is 0 Å². The Bertz CT molecular complexity index is 1000. The summed E-state index contributed by atoms with van der Waals surface area (Å²) in [6.07, 6.45) is -2.32. The van der Waals surface area contributed by atoms with E-state index in [1.807, 2.05) is 6.07 Å². The molecule has 0 N–H and O–H groups in total. The standard InChI is InChI=1S/C23H19F2NO3/c1-23(2)17(12-19(24)25)20(23)22(28)29-18(13-26)15-9-6-10-16(11-15)21(27)14-7-4-3-5-8-14/h3-12,17-18,20H,1-2H3/t17-,18?,20-/m0/s1. The lowest BCUT2D eigenvalue weighted by Crippen LogP contribution is -2.15. The van der Waals surface area contributed by atoms with Crippen molar-refractivity contribution in [3.8, 4) is 6.07 Å². The molecular formula is C23H19F2NO3. The van der Waals surface area contributed by atoms with E-state index in [0.717, 1.165) is 6.08 Å². The van der Waals surface area contributed by atoms with E-state index in [0.29, 0.717) is 16.7 Å². The second kappa shape index (κ2) is 7.96. The average Bonchev–Trinajstić information content (AvgIpc) is 3.25. The topological polar surface area (TPSA) is 67.2 Å². The fourth-order valence-corrected chi connectivity index (χ4v) is 3.53. The number of carbonyl (C=O) groups excluding carboxylic acids is 2. The molecule has 0 spiro atoms. The minimum atomic E-state index is -1.85. The van der Waals surface area contributed by atoms with Crippen LogP contribution >= 0.6 is 0 Å². The Morgan fingerprint density at radius 3 is 2.38 bits per heavy atom. The zero-order valence-corrected chi connectivity index (χ0v) is 15.9. The number of benzene rings is 2. The molecule has 1 aliphatic rings.